The number of fused-ring (bicyclic) bond motifs is 2. The molecule has 0 unspecified atom stereocenters. The number of hydrogen-bond acceptors (Lipinski definition) is 0. The van der Waals surface area contributed by atoms with Gasteiger partial charge in [0.2, 0.25) is 0 Å². The molecule has 0 heterocycles. The maximum atomic E-state index is 3.39. The van der Waals surface area contributed by atoms with Crippen molar-refractivity contribution in [2.24, 2.45) is 10.8 Å². The quantitative estimate of drug-likeness (QED) is 0.326. The van der Waals surface area contributed by atoms with Crippen molar-refractivity contribution in [1.82, 2.24) is 0 Å². The molecule has 5 aliphatic carbocycles. The van der Waals surface area contributed by atoms with Crippen LogP contribution in [0.2, 0.25) is 0 Å². The van der Waals surface area contributed by atoms with E-state index >= 15 is 0 Å². The van der Waals surface area contributed by atoms with Gasteiger partial charge in [0.1, 0.15) is 0 Å². The zero-order valence-electron chi connectivity index (χ0n) is 22.3. The Morgan fingerprint density at radius 2 is 1.09 bits per heavy atom. The summed E-state index contributed by atoms with van der Waals surface area (Å²) < 4.78 is 1.71. The molecule has 0 bridgehead atoms. The molecule has 0 N–H and O–H groups in total. The zero-order chi connectivity index (χ0) is 24.1. The van der Waals surface area contributed by atoms with Gasteiger partial charge in [-0.3, -0.25) is 0 Å². The van der Waals surface area contributed by atoms with Crippen LogP contribution >= 0.6 is 0 Å². The first-order chi connectivity index (χ1) is 15.6. The summed E-state index contributed by atoms with van der Waals surface area (Å²) in [4.78, 5) is 0. The molecule has 0 amide bonds. The van der Waals surface area contributed by atoms with Crippen LogP contribution < -0.4 is 24.8 Å². The van der Waals surface area contributed by atoms with E-state index in [2.05, 4.69) is 122 Å². The third-order valence-corrected chi connectivity index (χ3v) is 7.72. The van der Waals surface area contributed by atoms with Crippen LogP contribution in [-0.2, 0) is 20.0 Å². The maximum absolute atomic E-state index is 3.39. The number of hydrogen-bond donors (Lipinski definition) is 0. The Morgan fingerprint density at radius 1 is 0.686 bits per heavy atom. The second-order valence-electron chi connectivity index (χ2n) is 11.1. The van der Waals surface area contributed by atoms with E-state index in [1.54, 1.807) is 3.81 Å². The van der Waals surface area contributed by atoms with E-state index < -0.39 is 0 Å². The Balaban J connectivity index is 0.000000266. The Labute approximate surface area is 238 Å². The first kappa shape index (κ1) is 32.1. The normalized spacial score (nSPS) is 22.7. The molecule has 1 fully saturated rings. The van der Waals surface area contributed by atoms with Crippen LogP contribution in [0.15, 0.2) is 82.0 Å². The van der Waals surface area contributed by atoms with Gasteiger partial charge in [0.05, 0.1) is 0 Å². The summed E-state index contributed by atoms with van der Waals surface area (Å²) >= 11 is 2.28. The summed E-state index contributed by atoms with van der Waals surface area (Å²) in [6.07, 6.45) is 33.8. The molecule has 1 saturated carbocycles. The van der Waals surface area contributed by atoms with E-state index in [9.17, 15) is 0 Å². The minimum atomic E-state index is 0. The van der Waals surface area contributed by atoms with Crippen LogP contribution in [0.4, 0.5) is 0 Å². The molecule has 0 radical (unpaired) electrons. The van der Waals surface area contributed by atoms with Gasteiger partial charge in [-0.15, -0.1) is 47.6 Å². The topological polar surface area (TPSA) is 0 Å². The summed E-state index contributed by atoms with van der Waals surface area (Å²) in [6.45, 7) is 13.4. The summed E-state index contributed by atoms with van der Waals surface area (Å²) in [5.74, 6) is 0. The van der Waals surface area contributed by atoms with Crippen LogP contribution in [0, 0.1) is 23.0 Å². The van der Waals surface area contributed by atoms with Crippen molar-refractivity contribution in [3.63, 3.8) is 0 Å². The molecule has 0 aromatic rings. The van der Waals surface area contributed by atoms with Crippen LogP contribution in [0.5, 0.6) is 0 Å². The van der Waals surface area contributed by atoms with E-state index in [-0.39, 0.29) is 35.6 Å². The van der Waals surface area contributed by atoms with Gasteiger partial charge >= 0.3 is 55.9 Å². The number of allylic oxidation sites excluding steroid dienone is 16. The summed E-state index contributed by atoms with van der Waals surface area (Å²) in [5, 5.41) is 0. The first-order valence-electron chi connectivity index (χ1n) is 12.5. The standard InChI is InChI=1S/2C13H15.C6H10.2ClH.Ti/c2*1-10-8-11-6-4-5-7-13(2,3)12(11)9-10;1-2-4-6-5-3-1;;;/h2*4-6,9H,7H2,1-3H3;1-5H2;2*1H;/q2*-1;;;;+2/p-2. The Hall–Kier alpha value is -0.916. The molecule has 3 heteroatoms. The molecular weight excluding hydrogens is 503 g/mol. The fraction of sp³-hybridized carbons (Fsp3) is 0.469. The van der Waals surface area contributed by atoms with Gasteiger partial charge in [0.25, 0.3) is 0 Å². The van der Waals surface area contributed by atoms with Gasteiger partial charge < -0.3 is 24.8 Å². The molecule has 0 aromatic carbocycles. The predicted octanol–water partition coefficient (Wildman–Crippen LogP) is 2.85. The predicted molar refractivity (Wildman–Crippen MR) is 140 cm³/mol. The molecule has 0 atom stereocenters. The van der Waals surface area contributed by atoms with Crippen molar-refractivity contribution in [3.05, 3.63) is 94.2 Å². The van der Waals surface area contributed by atoms with Crippen LogP contribution in [0.3, 0.4) is 0 Å². The Kier molecular flexibility index (Phi) is 13.0. The summed E-state index contributed by atoms with van der Waals surface area (Å²) in [5.41, 5.74) is 8.47. The Bertz CT molecular complexity index is 940. The van der Waals surface area contributed by atoms with Crippen molar-refractivity contribution < 1.29 is 44.8 Å². The van der Waals surface area contributed by atoms with E-state index in [1.165, 1.54) is 65.5 Å². The van der Waals surface area contributed by atoms with E-state index in [0.717, 1.165) is 12.8 Å². The molecule has 0 nitrogen and oxygen atoms in total. The van der Waals surface area contributed by atoms with E-state index in [0.29, 0.717) is 0 Å². The minimum absolute atomic E-state index is 0. The zero-order valence-corrected chi connectivity index (χ0v) is 25.4. The van der Waals surface area contributed by atoms with Crippen LogP contribution in [0.1, 0.15) is 86.5 Å². The number of halogens is 2. The van der Waals surface area contributed by atoms with Crippen LogP contribution in [-0.4, -0.2) is 3.81 Å². The summed E-state index contributed by atoms with van der Waals surface area (Å²) in [6, 6.07) is 0. The van der Waals surface area contributed by atoms with Crippen molar-refractivity contribution in [1.29, 1.82) is 0 Å². The average molecular weight is 543 g/mol. The van der Waals surface area contributed by atoms with Gasteiger partial charge in [-0.05, 0) is 23.7 Å². The Morgan fingerprint density at radius 3 is 1.43 bits per heavy atom. The van der Waals surface area contributed by atoms with E-state index in [1.807, 2.05) is 0 Å². The molecular formula is C32H40Cl2Ti-2. The SMILES string of the molecule is CC1=[C-]C2=CC=CCC(C)(C)C2=C1.CC1=[C-]C2=CC=CCC(C)(C)C2=C1.[Cl-].[Cl-].[Ti+2]=[C]1CCCCC1. The van der Waals surface area contributed by atoms with Crippen molar-refractivity contribution >= 4 is 3.81 Å². The molecule has 188 valence electrons. The molecule has 5 rings (SSSR count). The molecule has 5 aliphatic rings. The van der Waals surface area contributed by atoms with Gasteiger partial charge in [-0.1, -0.05) is 53.7 Å². The first-order valence-corrected chi connectivity index (χ1v) is 13.3. The molecule has 0 aromatic heterocycles. The average Bonchev–Trinajstić information content (AvgIpc) is 3.25. The third-order valence-electron chi connectivity index (χ3n) is 6.94. The van der Waals surface area contributed by atoms with Crippen molar-refractivity contribution in [2.75, 3.05) is 0 Å². The van der Waals surface area contributed by atoms with Crippen LogP contribution in [0.25, 0.3) is 0 Å². The summed E-state index contributed by atoms with van der Waals surface area (Å²) in [7, 11) is 0. The van der Waals surface area contributed by atoms with Gasteiger partial charge in [0.15, 0.2) is 0 Å². The molecule has 0 saturated heterocycles. The number of rotatable bonds is 0. The van der Waals surface area contributed by atoms with Gasteiger partial charge in [0, 0.05) is 0 Å². The third kappa shape index (κ3) is 9.16. The van der Waals surface area contributed by atoms with Crippen molar-refractivity contribution in [2.45, 2.75) is 86.5 Å². The second kappa shape index (κ2) is 14.1. The molecule has 35 heavy (non-hydrogen) atoms. The van der Waals surface area contributed by atoms with Gasteiger partial charge in [-0.2, -0.15) is 34.4 Å². The fourth-order valence-corrected chi connectivity index (χ4v) is 5.41. The second-order valence-corrected chi connectivity index (χ2v) is 12.2. The molecule has 0 spiro atoms. The van der Waals surface area contributed by atoms with E-state index in [4.69, 9.17) is 0 Å². The monoisotopic (exact) mass is 542 g/mol. The fourth-order valence-electron chi connectivity index (χ4n) is 4.86. The van der Waals surface area contributed by atoms with Crippen molar-refractivity contribution in [3.8, 4) is 0 Å². The van der Waals surface area contributed by atoms with Gasteiger partial charge in [-0.25, -0.2) is 0 Å². The molecule has 0 aliphatic heterocycles.